The van der Waals surface area contributed by atoms with Crippen molar-refractivity contribution < 1.29 is 28.6 Å². The van der Waals surface area contributed by atoms with Crippen molar-refractivity contribution in [3.05, 3.63) is 158 Å². The Balaban J connectivity index is 4.22. The molecule has 0 aromatic carbocycles. The molecule has 0 saturated carbocycles. The predicted octanol–water partition coefficient (Wildman–Crippen LogP) is 23.7. The van der Waals surface area contributed by atoms with Gasteiger partial charge in [0.05, 0.1) is 0 Å². The maximum atomic E-state index is 12.9. The van der Waals surface area contributed by atoms with Crippen LogP contribution in [0.4, 0.5) is 0 Å². The summed E-state index contributed by atoms with van der Waals surface area (Å²) in [4.78, 5) is 38.2. The van der Waals surface area contributed by atoms with Gasteiger partial charge in [-0.25, -0.2) is 0 Å². The topological polar surface area (TPSA) is 78.9 Å². The highest BCUT2D eigenvalue weighted by Gasteiger charge is 2.19. The number of carbonyl (C=O) groups excluding carboxylic acids is 3. The second-order valence-electron chi connectivity index (χ2n) is 22.0. The summed E-state index contributed by atoms with van der Waals surface area (Å²) in [7, 11) is 0. The molecule has 0 aliphatic heterocycles. The van der Waals surface area contributed by atoms with Crippen LogP contribution in [0.2, 0.25) is 0 Å². The summed E-state index contributed by atoms with van der Waals surface area (Å²) in [6, 6.07) is 0. The first-order valence-corrected chi connectivity index (χ1v) is 34.0. The van der Waals surface area contributed by atoms with Crippen LogP contribution < -0.4 is 0 Å². The van der Waals surface area contributed by atoms with E-state index in [-0.39, 0.29) is 31.1 Å². The summed E-state index contributed by atoms with van der Waals surface area (Å²) in [5.74, 6) is -0.916. The molecular formula is C77H124O6. The van der Waals surface area contributed by atoms with Gasteiger partial charge < -0.3 is 14.2 Å². The Labute approximate surface area is 511 Å². The molecule has 0 aliphatic carbocycles. The molecule has 0 spiro atoms. The molecular weight excluding hydrogens is 1020 g/mol. The average molecular weight is 1150 g/mol. The van der Waals surface area contributed by atoms with Crippen molar-refractivity contribution in [3.63, 3.8) is 0 Å². The third-order valence-electron chi connectivity index (χ3n) is 14.0. The van der Waals surface area contributed by atoms with Crippen LogP contribution in [0.25, 0.3) is 0 Å². The van der Waals surface area contributed by atoms with Gasteiger partial charge in [0.15, 0.2) is 6.10 Å². The van der Waals surface area contributed by atoms with Crippen LogP contribution in [0.3, 0.4) is 0 Å². The normalized spacial score (nSPS) is 13.1. The van der Waals surface area contributed by atoms with Crippen LogP contribution in [-0.4, -0.2) is 37.2 Å². The molecule has 6 heteroatoms. The van der Waals surface area contributed by atoms with Crippen molar-refractivity contribution in [2.24, 2.45) is 0 Å². The Kier molecular flexibility index (Phi) is 65.4. The molecule has 0 fully saturated rings. The van der Waals surface area contributed by atoms with E-state index in [0.29, 0.717) is 19.3 Å². The van der Waals surface area contributed by atoms with Crippen molar-refractivity contribution in [2.75, 3.05) is 13.2 Å². The van der Waals surface area contributed by atoms with E-state index in [0.717, 1.165) is 167 Å². The second kappa shape index (κ2) is 69.5. The predicted molar refractivity (Wildman–Crippen MR) is 362 cm³/mol. The van der Waals surface area contributed by atoms with E-state index in [9.17, 15) is 14.4 Å². The van der Waals surface area contributed by atoms with E-state index >= 15 is 0 Å². The molecule has 6 nitrogen and oxygen atoms in total. The Morgan fingerprint density at radius 1 is 0.253 bits per heavy atom. The first-order chi connectivity index (χ1) is 41.0. The first-order valence-electron chi connectivity index (χ1n) is 34.0. The van der Waals surface area contributed by atoms with Crippen molar-refractivity contribution in [2.45, 2.75) is 297 Å². The van der Waals surface area contributed by atoms with Crippen LogP contribution in [0.5, 0.6) is 0 Å². The van der Waals surface area contributed by atoms with E-state index in [2.05, 4.69) is 179 Å². The Morgan fingerprint density at radius 2 is 0.470 bits per heavy atom. The highest BCUT2D eigenvalue weighted by atomic mass is 16.6. The summed E-state index contributed by atoms with van der Waals surface area (Å²) >= 11 is 0. The first kappa shape index (κ1) is 78.0. The number of allylic oxidation sites excluding steroid dienone is 26. The lowest BCUT2D eigenvalue weighted by Gasteiger charge is -2.18. The maximum Gasteiger partial charge on any atom is 0.306 e. The van der Waals surface area contributed by atoms with Gasteiger partial charge in [-0.15, -0.1) is 0 Å². The number of rotatable bonds is 60. The summed E-state index contributed by atoms with van der Waals surface area (Å²) in [5, 5.41) is 0. The molecule has 0 saturated heterocycles. The minimum absolute atomic E-state index is 0.0900. The molecule has 1 unspecified atom stereocenters. The van der Waals surface area contributed by atoms with Gasteiger partial charge in [0.25, 0.3) is 0 Å². The molecule has 0 aromatic rings. The Hall–Kier alpha value is -4.97. The molecule has 0 rings (SSSR count). The summed E-state index contributed by atoms with van der Waals surface area (Å²) in [6.45, 7) is 6.38. The van der Waals surface area contributed by atoms with Crippen molar-refractivity contribution in [1.29, 1.82) is 0 Å². The van der Waals surface area contributed by atoms with Crippen LogP contribution in [0.1, 0.15) is 290 Å². The van der Waals surface area contributed by atoms with Crippen molar-refractivity contribution >= 4 is 17.9 Å². The van der Waals surface area contributed by atoms with Gasteiger partial charge in [0.2, 0.25) is 0 Å². The standard InChI is InChI=1S/C77H124O6/c1-4-7-10-13-16-19-21-23-25-27-29-31-32-33-34-35-36-37-38-39-40-41-42-43-44-46-47-49-51-53-55-58-61-64-67-70-76(79)82-73-74(72-81-75(78)69-66-63-60-57-18-15-12-9-6-3)83-77(80)71-68-65-62-59-56-54-52-50-48-45-30-28-26-24-22-20-17-14-11-8-5-2/h7-8,10-11,16-17,19-20,23-26,29-31,33-34,36-37,39-40,42-43,45,50,52,74H,4-6,9,12-15,18,21-22,27-28,32,35,38,41,44,46-49,51,53-73H2,1-3H3/b10-7-,11-8-,19-16-,20-17-,25-23-,26-24-,31-29-,34-33-,37-36-,40-39-,43-42-,45-30-,52-50-. The van der Waals surface area contributed by atoms with E-state index in [1.807, 2.05) is 0 Å². The Morgan fingerprint density at radius 3 is 0.735 bits per heavy atom. The lowest BCUT2D eigenvalue weighted by molar-refractivity contribution is -0.167. The summed E-state index contributed by atoms with van der Waals surface area (Å²) < 4.78 is 16.9. The molecule has 1 atom stereocenters. The zero-order valence-corrected chi connectivity index (χ0v) is 53.7. The van der Waals surface area contributed by atoms with Crippen molar-refractivity contribution in [1.82, 2.24) is 0 Å². The largest absolute Gasteiger partial charge is 0.462 e. The third kappa shape index (κ3) is 67.7. The van der Waals surface area contributed by atoms with Gasteiger partial charge in [-0.1, -0.05) is 301 Å². The number of unbranched alkanes of at least 4 members (excludes halogenated alkanes) is 23. The summed E-state index contributed by atoms with van der Waals surface area (Å²) in [6.07, 6.45) is 101. The molecule has 0 heterocycles. The molecule has 0 bridgehead atoms. The number of carbonyl (C=O) groups is 3. The van der Waals surface area contributed by atoms with Crippen LogP contribution in [0.15, 0.2) is 158 Å². The van der Waals surface area contributed by atoms with Crippen molar-refractivity contribution in [3.8, 4) is 0 Å². The Bertz CT molecular complexity index is 1840. The third-order valence-corrected chi connectivity index (χ3v) is 14.0. The summed E-state index contributed by atoms with van der Waals surface area (Å²) in [5.41, 5.74) is 0. The maximum absolute atomic E-state index is 12.9. The minimum atomic E-state index is -0.795. The fraction of sp³-hybridized carbons (Fsp3) is 0.623. The van der Waals surface area contributed by atoms with Gasteiger partial charge in [-0.3, -0.25) is 14.4 Å². The molecule has 0 N–H and O–H groups in total. The van der Waals surface area contributed by atoms with Crippen LogP contribution in [0, 0.1) is 0 Å². The zero-order chi connectivity index (χ0) is 59.9. The molecule has 0 amide bonds. The number of esters is 3. The molecule has 468 valence electrons. The minimum Gasteiger partial charge on any atom is -0.462 e. The van der Waals surface area contributed by atoms with Crippen LogP contribution in [-0.2, 0) is 28.6 Å². The SMILES string of the molecule is CC/C=C\C/C=C\C/C=C\C/C=C\C/C=C\C/C=C\C/C=C\C/C=C\CCCCCCCCCCCCC(=O)OCC(COC(=O)CCCCCCCCCCC)OC(=O)CCCCCCC/C=C\C/C=C\C/C=C\C/C=C\C/C=C\CC. The second-order valence-corrected chi connectivity index (χ2v) is 22.0. The fourth-order valence-corrected chi connectivity index (χ4v) is 9.01. The van der Waals surface area contributed by atoms with Gasteiger partial charge in [0, 0.05) is 19.3 Å². The highest BCUT2D eigenvalue weighted by molar-refractivity contribution is 5.71. The zero-order valence-electron chi connectivity index (χ0n) is 53.7. The molecule has 0 aromatic heterocycles. The molecule has 0 aliphatic rings. The monoisotopic (exact) mass is 1140 g/mol. The van der Waals surface area contributed by atoms with Crippen LogP contribution >= 0.6 is 0 Å². The molecule has 0 radical (unpaired) electrons. The lowest BCUT2D eigenvalue weighted by Crippen LogP contribution is -2.30. The van der Waals surface area contributed by atoms with Gasteiger partial charge in [-0.2, -0.15) is 0 Å². The molecule has 83 heavy (non-hydrogen) atoms. The average Bonchev–Trinajstić information content (AvgIpc) is 3.49. The van der Waals surface area contributed by atoms with E-state index in [1.54, 1.807) is 0 Å². The number of hydrogen-bond donors (Lipinski definition) is 0. The van der Waals surface area contributed by atoms with Gasteiger partial charge >= 0.3 is 17.9 Å². The van der Waals surface area contributed by atoms with E-state index in [4.69, 9.17) is 14.2 Å². The fourth-order valence-electron chi connectivity index (χ4n) is 9.01. The smallest absolute Gasteiger partial charge is 0.306 e. The van der Waals surface area contributed by atoms with Gasteiger partial charge in [0.1, 0.15) is 13.2 Å². The van der Waals surface area contributed by atoms with E-state index in [1.165, 1.54) is 83.5 Å². The quantitative estimate of drug-likeness (QED) is 0.0261. The van der Waals surface area contributed by atoms with Gasteiger partial charge in [-0.05, 0) is 128 Å². The number of ether oxygens (including phenoxy) is 3. The highest BCUT2D eigenvalue weighted by Crippen LogP contribution is 2.15. The number of hydrogen-bond acceptors (Lipinski definition) is 6. The van der Waals surface area contributed by atoms with E-state index < -0.39 is 6.10 Å². The lowest BCUT2D eigenvalue weighted by atomic mass is 10.1.